The van der Waals surface area contributed by atoms with Gasteiger partial charge in [0.15, 0.2) is 5.84 Å². The van der Waals surface area contributed by atoms with Crippen molar-refractivity contribution in [3.05, 3.63) is 34.9 Å². The number of oxime groups is 1. The largest absolute Gasteiger partial charge is 0.409 e. The van der Waals surface area contributed by atoms with Crippen LogP contribution in [0.2, 0.25) is 0 Å². The fourth-order valence-electron chi connectivity index (χ4n) is 2.01. The Balaban J connectivity index is 2.65. The van der Waals surface area contributed by atoms with Crippen LogP contribution in [0.1, 0.15) is 23.6 Å². The highest BCUT2D eigenvalue weighted by Crippen LogP contribution is 2.11. The van der Waals surface area contributed by atoms with Crippen molar-refractivity contribution >= 4 is 5.84 Å². The number of amidine groups is 1. The first kappa shape index (κ1) is 15.5. The van der Waals surface area contributed by atoms with E-state index < -0.39 is 0 Å². The first-order valence-corrected chi connectivity index (χ1v) is 6.39. The Hall–Kier alpha value is -1.59. The summed E-state index contributed by atoms with van der Waals surface area (Å²) < 4.78 is 0. The fourth-order valence-corrected chi connectivity index (χ4v) is 2.01. The predicted molar refractivity (Wildman–Crippen MR) is 78.5 cm³/mol. The monoisotopic (exact) mass is 264 g/mol. The van der Waals surface area contributed by atoms with Crippen molar-refractivity contribution < 1.29 is 5.21 Å². The smallest absolute Gasteiger partial charge is 0.170 e. The lowest BCUT2D eigenvalue weighted by atomic mass is 10.0. The number of rotatable bonds is 6. The molecule has 0 bridgehead atoms. The summed E-state index contributed by atoms with van der Waals surface area (Å²) in [5.74, 6) is 0.142. The summed E-state index contributed by atoms with van der Waals surface area (Å²) in [6, 6.07) is 6.24. The summed E-state index contributed by atoms with van der Waals surface area (Å²) in [6.07, 6.45) is 0. The van der Waals surface area contributed by atoms with Crippen LogP contribution < -0.4 is 11.1 Å². The van der Waals surface area contributed by atoms with Gasteiger partial charge >= 0.3 is 0 Å². The zero-order chi connectivity index (χ0) is 14.4. The van der Waals surface area contributed by atoms with Crippen molar-refractivity contribution in [2.75, 3.05) is 20.6 Å². The van der Waals surface area contributed by atoms with Gasteiger partial charge < -0.3 is 21.2 Å². The van der Waals surface area contributed by atoms with E-state index in [-0.39, 0.29) is 5.84 Å². The average Bonchev–Trinajstić information content (AvgIpc) is 2.35. The molecule has 19 heavy (non-hydrogen) atoms. The van der Waals surface area contributed by atoms with Crippen LogP contribution in [0, 0.1) is 6.92 Å². The number of likely N-dealkylation sites (N-methyl/N-ethyl adjacent to an activating group) is 1. The van der Waals surface area contributed by atoms with Gasteiger partial charge in [0, 0.05) is 24.7 Å². The second-order valence-electron chi connectivity index (χ2n) is 5.17. The summed E-state index contributed by atoms with van der Waals surface area (Å²) in [6.45, 7) is 6.01. The molecule has 0 heterocycles. The Morgan fingerprint density at radius 3 is 2.68 bits per heavy atom. The van der Waals surface area contributed by atoms with E-state index in [0.29, 0.717) is 6.04 Å². The molecule has 0 aliphatic carbocycles. The number of benzene rings is 1. The van der Waals surface area contributed by atoms with E-state index in [0.717, 1.165) is 24.2 Å². The van der Waals surface area contributed by atoms with Crippen LogP contribution in [0.15, 0.2) is 23.4 Å². The Bertz CT molecular complexity index is 443. The zero-order valence-electron chi connectivity index (χ0n) is 12.1. The molecule has 0 aromatic heterocycles. The first-order valence-electron chi connectivity index (χ1n) is 6.39. The van der Waals surface area contributed by atoms with Gasteiger partial charge in [-0.15, -0.1) is 0 Å². The summed E-state index contributed by atoms with van der Waals surface area (Å²) >= 11 is 0. The molecular weight excluding hydrogens is 240 g/mol. The van der Waals surface area contributed by atoms with Gasteiger partial charge in [-0.05, 0) is 45.1 Å². The zero-order valence-corrected chi connectivity index (χ0v) is 12.1. The molecule has 0 amide bonds. The van der Waals surface area contributed by atoms with Gasteiger partial charge in [-0.1, -0.05) is 17.3 Å². The Kier molecular flexibility index (Phi) is 5.79. The van der Waals surface area contributed by atoms with Crippen LogP contribution in [0.3, 0.4) is 0 Å². The molecule has 0 saturated heterocycles. The molecule has 0 spiro atoms. The van der Waals surface area contributed by atoms with Crippen LogP contribution in [0.5, 0.6) is 0 Å². The highest BCUT2D eigenvalue weighted by atomic mass is 16.4. The van der Waals surface area contributed by atoms with Crippen molar-refractivity contribution in [3.8, 4) is 0 Å². The maximum Gasteiger partial charge on any atom is 0.170 e. The van der Waals surface area contributed by atoms with Crippen LogP contribution in [-0.4, -0.2) is 42.6 Å². The molecule has 0 aliphatic rings. The minimum Gasteiger partial charge on any atom is -0.409 e. The van der Waals surface area contributed by atoms with E-state index in [1.807, 2.05) is 25.1 Å². The molecule has 0 fully saturated rings. The molecule has 0 aliphatic heterocycles. The topological polar surface area (TPSA) is 73.9 Å². The Morgan fingerprint density at radius 2 is 2.16 bits per heavy atom. The molecule has 0 radical (unpaired) electrons. The summed E-state index contributed by atoms with van der Waals surface area (Å²) in [7, 11) is 4.13. The maximum absolute atomic E-state index is 8.65. The minimum absolute atomic E-state index is 0.142. The lowest BCUT2D eigenvalue weighted by Gasteiger charge is -2.19. The third kappa shape index (κ3) is 4.89. The van der Waals surface area contributed by atoms with Crippen LogP contribution in [0.25, 0.3) is 0 Å². The van der Waals surface area contributed by atoms with E-state index in [9.17, 15) is 0 Å². The van der Waals surface area contributed by atoms with Crippen molar-refractivity contribution in [1.29, 1.82) is 0 Å². The van der Waals surface area contributed by atoms with Gasteiger partial charge in [0.05, 0.1) is 0 Å². The van der Waals surface area contributed by atoms with Gasteiger partial charge in [0.2, 0.25) is 0 Å². The van der Waals surface area contributed by atoms with Gasteiger partial charge in [-0.25, -0.2) is 0 Å². The summed E-state index contributed by atoms with van der Waals surface area (Å²) in [5, 5.41) is 15.1. The van der Waals surface area contributed by atoms with Gasteiger partial charge in [-0.3, -0.25) is 0 Å². The number of nitrogens with zero attached hydrogens (tertiary/aromatic N) is 2. The second kappa shape index (κ2) is 7.11. The van der Waals surface area contributed by atoms with Crippen molar-refractivity contribution in [1.82, 2.24) is 10.2 Å². The maximum atomic E-state index is 8.65. The van der Waals surface area contributed by atoms with E-state index >= 15 is 0 Å². The molecule has 106 valence electrons. The number of nitrogens with one attached hydrogen (secondary N) is 1. The molecule has 1 aromatic carbocycles. The molecule has 5 nitrogen and oxygen atoms in total. The molecular formula is C14H24N4O. The standard InChI is InChI=1S/C14H24N4O/c1-10-7-12(14(15)17-19)5-6-13(10)8-16-11(2)9-18(3)4/h5-7,11,16,19H,8-9H2,1-4H3,(H2,15,17). The van der Waals surface area contributed by atoms with Crippen LogP contribution in [-0.2, 0) is 6.54 Å². The molecule has 5 heteroatoms. The third-order valence-corrected chi connectivity index (χ3v) is 3.03. The van der Waals surface area contributed by atoms with Crippen LogP contribution in [0.4, 0.5) is 0 Å². The van der Waals surface area contributed by atoms with Gasteiger partial charge in [0.25, 0.3) is 0 Å². The number of hydrogen-bond acceptors (Lipinski definition) is 4. The van der Waals surface area contributed by atoms with Gasteiger partial charge in [0.1, 0.15) is 0 Å². The van der Waals surface area contributed by atoms with Crippen molar-refractivity contribution in [2.45, 2.75) is 26.4 Å². The molecule has 1 rings (SSSR count). The second-order valence-corrected chi connectivity index (χ2v) is 5.17. The Labute approximate surface area is 115 Å². The lowest BCUT2D eigenvalue weighted by molar-refractivity contribution is 0.318. The quantitative estimate of drug-likeness (QED) is 0.312. The highest BCUT2D eigenvalue weighted by Gasteiger charge is 2.06. The first-order chi connectivity index (χ1) is 8.93. The number of hydrogen-bond donors (Lipinski definition) is 3. The average molecular weight is 264 g/mol. The number of nitrogens with two attached hydrogens (primary N) is 1. The van der Waals surface area contributed by atoms with Gasteiger partial charge in [-0.2, -0.15) is 0 Å². The lowest BCUT2D eigenvalue weighted by Crippen LogP contribution is -2.35. The van der Waals surface area contributed by atoms with E-state index in [4.69, 9.17) is 10.9 Å². The third-order valence-electron chi connectivity index (χ3n) is 3.03. The fraction of sp³-hybridized carbons (Fsp3) is 0.500. The Morgan fingerprint density at radius 1 is 1.47 bits per heavy atom. The van der Waals surface area contributed by atoms with Crippen molar-refractivity contribution in [3.63, 3.8) is 0 Å². The van der Waals surface area contributed by atoms with Crippen LogP contribution >= 0.6 is 0 Å². The summed E-state index contributed by atoms with van der Waals surface area (Å²) in [4.78, 5) is 2.16. The van der Waals surface area contributed by atoms with Crippen molar-refractivity contribution in [2.24, 2.45) is 10.9 Å². The summed E-state index contributed by atoms with van der Waals surface area (Å²) in [5.41, 5.74) is 8.67. The highest BCUT2D eigenvalue weighted by molar-refractivity contribution is 5.97. The number of aryl methyl sites for hydroxylation is 1. The minimum atomic E-state index is 0.142. The van der Waals surface area contributed by atoms with E-state index in [2.05, 4.69) is 36.4 Å². The normalized spacial score (nSPS) is 13.8. The van der Waals surface area contributed by atoms with E-state index in [1.54, 1.807) is 0 Å². The molecule has 4 N–H and O–H groups in total. The molecule has 1 unspecified atom stereocenters. The molecule has 1 atom stereocenters. The molecule has 1 aromatic rings. The SMILES string of the molecule is Cc1cc(/C(N)=N/O)ccc1CNC(C)CN(C)C. The molecule has 0 saturated carbocycles. The van der Waals surface area contributed by atoms with E-state index in [1.165, 1.54) is 5.56 Å². The predicted octanol–water partition coefficient (Wildman–Crippen LogP) is 1.13.